The molecule has 0 aromatic heterocycles. The number of hydrogen-bond donors (Lipinski definition) is 2. The molecule has 0 aliphatic carbocycles. The van der Waals surface area contributed by atoms with Gasteiger partial charge in [0, 0.05) is 11.1 Å². The number of ether oxygens (including phenoxy) is 1. The summed E-state index contributed by atoms with van der Waals surface area (Å²) in [6.07, 6.45) is -1.17. The number of carbonyl (C=O) groups excluding carboxylic acids is 2. The van der Waals surface area contributed by atoms with E-state index >= 15 is 0 Å². The lowest BCUT2D eigenvalue weighted by Gasteiger charge is -2.21. The van der Waals surface area contributed by atoms with Gasteiger partial charge >= 0.3 is 6.09 Å². The van der Waals surface area contributed by atoms with Gasteiger partial charge in [-0.25, -0.2) is 4.79 Å². The van der Waals surface area contributed by atoms with Crippen LogP contribution >= 0.6 is 0 Å². The lowest BCUT2D eigenvalue weighted by molar-refractivity contribution is 0.108. The average Bonchev–Trinajstić information content (AvgIpc) is 2.17. The first kappa shape index (κ1) is 8.71. The number of rotatable bonds is 1. The third kappa shape index (κ3) is 1.33. The highest BCUT2D eigenvalue weighted by Gasteiger charge is 2.24. The molecule has 1 aromatic rings. The average molecular weight is 193 g/mol. The predicted octanol–water partition coefficient (Wildman–Crippen LogP) is 0.592. The number of fused-ring (bicyclic) bond motifs is 1. The Balaban J connectivity index is 2.48. The summed E-state index contributed by atoms with van der Waals surface area (Å²) < 4.78 is 4.78. The highest BCUT2D eigenvalue weighted by atomic mass is 16.6. The zero-order chi connectivity index (χ0) is 10.1. The summed E-state index contributed by atoms with van der Waals surface area (Å²) in [4.78, 5) is 21.3. The van der Waals surface area contributed by atoms with Gasteiger partial charge in [-0.3, -0.25) is 10.1 Å². The van der Waals surface area contributed by atoms with Crippen molar-refractivity contribution >= 4 is 12.4 Å². The Labute approximate surface area is 79.3 Å². The maximum Gasteiger partial charge on any atom is 0.414 e. The first-order chi connectivity index (χ1) is 6.70. The molecule has 0 unspecified atom stereocenters. The lowest BCUT2D eigenvalue weighted by Crippen LogP contribution is -2.35. The Kier molecular flexibility index (Phi) is 1.94. The van der Waals surface area contributed by atoms with Crippen molar-refractivity contribution in [3.63, 3.8) is 0 Å². The minimum Gasteiger partial charge on any atom is -0.410 e. The number of benzene rings is 1. The summed E-state index contributed by atoms with van der Waals surface area (Å²) >= 11 is 0. The second-order valence-corrected chi connectivity index (χ2v) is 2.85. The Hall–Kier alpha value is -1.88. The molecule has 5 nitrogen and oxygen atoms in total. The van der Waals surface area contributed by atoms with E-state index < -0.39 is 12.3 Å². The zero-order valence-corrected chi connectivity index (χ0v) is 7.06. The molecule has 0 radical (unpaired) electrons. The monoisotopic (exact) mass is 193 g/mol. The van der Waals surface area contributed by atoms with Crippen molar-refractivity contribution in [2.45, 2.75) is 6.23 Å². The van der Waals surface area contributed by atoms with Crippen molar-refractivity contribution in [1.82, 2.24) is 5.32 Å². The Morgan fingerprint density at radius 2 is 2.29 bits per heavy atom. The van der Waals surface area contributed by atoms with Crippen LogP contribution in [-0.4, -0.2) is 17.5 Å². The molecule has 1 aromatic carbocycles. The van der Waals surface area contributed by atoms with Crippen LogP contribution in [0.15, 0.2) is 18.2 Å². The van der Waals surface area contributed by atoms with Crippen LogP contribution in [0.4, 0.5) is 4.79 Å². The maximum absolute atomic E-state index is 10.8. The van der Waals surface area contributed by atoms with Gasteiger partial charge in [0.2, 0.25) is 0 Å². The number of amides is 1. The van der Waals surface area contributed by atoms with E-state index in [4.69, 9.17) is 4.74 Å². The molecule has 0 bridgehead atoms. The largest absolute Gasteiger partial charge is 0.414 e. The topological polar surface area (TPSA) is 75.6 Å². The normalized spacial score (nSPS) is 19.2. The van der Waals surface area contributed by atoms with Gasteiger partial charge in [-0.15, -0.1) is 0 Å². The molecule has 1 amide bonds. The number of hydrogen-bond acceptors (Lipinski definition) is 4. The third-order valence-electron chi connectivity index (χ3n) is 1.92. The van der Waals surface area contributed by atoms with Crippen molar-refractivity contribution in [1.29, 1.82) is 0 Å². The van der Waals surface area contributed by atoms with Crippen molar-refractivity contribution in [3.8, 4) is 5.75 Å². The lowest BCUT2D eigenvalue weighted by atomic mass is 10.1. The summed E-state index contributed by atoms with van der Waals surface area (Å²) in [5.41, 5.74) is 0.803. The van der Waals surface area contributed by atoms with Crippen LogP contribution in [0.2, 0.25) is 0 Å². The van der Waals surface area contributed by atoms with Crippen molar-refractivity contribution in [2.75, 3.05) is 0 Å². The highest BCUT2D eigenvalue weighted by molar-refractivity contribution is 5.78. The Morgan fingerprint density at radius 1 is 1.50 bits per heavy atom. The predicted molar refractivity (Wildman–Crippen MR) is 45.9 cm³/mol. The number of aliphatic hydroxyl groups is 1. The SMILES string of the molecule is O=Cc1ccc2c(c1)[C@H](O)NC(=O)O2. The van der Waals surface area contributed by atoms with Crippen LogP contribution in [0.3, 0.4) is 0 Å². The molecule has 2 rings (SSSR count). The quantitative estimate of drug-likeness (QED) is 0.640. The number of carbonyl (C=O) groups is 2. The van der Waals surface area contributed by atoms with Gasteiger partial charge < -0.3 is 9.84 Å². The summed E-state index contributed by atoms with van der Waals surface area (Å²) in [7, 11) is 0. The highest BCUT2D eigenvalue weighted by Crippen LogP contribution is 2.28. The molecule has 0 spiro atoms. The fourth-order valence-electron chi connectivity index (χ4n) is 1.27. The fourth-order valence-corrected chi connectivity index (χ4v) is 1.27. The van der Waals surface area contributed by atoms with Crippen molar-refractivity contribution < 1.29 is 19.4 Å². The second kappa shape index (κ2) is 3.12. The molecule has 14 heavy (non-hydrogen) atoms. The van der Waals surface area contributed by atoms with E-state index in [-0.39, 0.29) is 5.75 Å². The Bertz CT molecular complexity index is 402. The zero-order valence-electron chi connectivity index (χ0n) is 7.06. The molecule has 0 fully saturated rings. The van der Waals surface area contributed by atoms with Gasteiger partial charge in [-0.05, 0) is 18.2 Å². The van der Waals surface area contributed by atoms with E-state index in [1.54, 1.807) is 0 Å². The first-order valence-electron chi connectivity index (χ1n) is 3.96. The van der Waals surface area contributed by atoms with Crippen LogP contribution in [0.25, 0.3) is 0 Å². The summed E-state index contributed by atoms with van der Waals surface area (Å²) in [6, 6.07) is 4.45. The van der Waals surface area contributed by atoms with E-state index in [2.05, 4.69) is 5.32 Å². The molecule has 72 valence electrons. The molecule has 1 aliphatic heterocycles. The van der Waals surface area contributed by atoms with E-state index in [9.17, 15) is 14.7 Å². The van der Waals surface area contributed by atoms with E-state index in [1.165, 1.54) is 18.2 Å². The summed E-state index contributed by atoms with van der Waals surface area (Å²) in [6.45, 7) is 0. The molecule has 0 saturated carbocycles. The molecule has 1 heterocycles. The minimum atomic E-state index is -1.12. The molecule has 2 N–H and O–H groups in total. The van der Waals surface area contributed by atoms with Crippen LogP contribution < -0.4 is 10.1 Å². The van der Waals surface area contributed by atoms with Crippen LogP contribution in [0.5, 0.6) is 5.75 Å². The number of aliphatic hydroxyl groups excluding tert-OH is 1. The van der Waals surface area contributed by atoms with Gasteiger partial charge in [-0.1, -0.05) is 0 Å². The molecule has 0 saturated heterocycles. The molecule has 1 aliphatic rings. The summed E-state index contributed by atoms with van der Waals surface area (Å²) in [5.74, 6) is 0.270. The summed E-state index contributed by atoms with van der Waals surface area (Å²) in [5, 5.41) is 11.6. The molecule has 1 atom stereocenters. The van der Waals surface area contributed by atoms with Crippen LogP contribution in [0.1, 0.15) is 22.1 Å². The van der Waals surface area contributed by atoms with Gasteiger partial charge in [0.15, 0.2) is 6.23 Å². The molecular formula is C9H7NO4. The van der Waals surface area contributed by atoms with Gasteiger partial charge in [-0.2, -0.15) is 0 Å². The maximum atomic E-state index is 10.8. The number of nitrogens with one attached hydrogen (secondary N) is 1. The molecular weight excluding hydrogens is 186 g/mol. The second-order valence-electron chi connectivity index (χ2n) is 2.85. The smallest absolute Gasteiger partial charge is 0.410 e. The van der Waals surface area contributed by atoms with Crippen LogP contribution in [-0.2, 0) is 0 Å². The van der Waals surface area contributed by atoms with Gasteiger partial charge in [0.25, 0.3) is 0 Å². The number of aldehydes is 1. The van der Waals surface area contributed by atoms with E-state index in [1.807, 2.05) is 0 Å². The van der Waals surface area contributed by atoms with E-state index in [0.29, 0.717) is 17.4 Å². The van der Waals surface area contributed by atoms with Crippen LogP contribution in [0, 0.1) is 0 Å². The van der Waals surface area contributed by atoms with E-state index in [0.717, 1.165) is 0 Å². The third-order valence-corrected chi connectivity index (χ3v) is 1.92. The van der Waals surface area contributed by atoms with Gasteiger partial charge in [0.1, 0.15) is 12.0 Å². The van der Waals surface area contributed by atoms with Crippen molar-refractivity contribution in [3.05, 3.63) is 29.3 Å². The Morgan fingerprint density at radius 3 is 3.00 bits per heavy atom. The van der Waals surface area contributed by atoms with Crippen molar-refractivity contribution in [2.24, 2.45) is 0 Å². The minimum absolute atomic E-state index is 0.270. The first-order valence-corrected chi connectivity index (χ1v) is 3.96. The fraction of sp³-hybridized carbons (Fsp3) is 0.111. The molecule has 5 heteroatoms. The standard InChI is InChI=1S/C9H7NO4/c11-4-5-1-2-7-6(3-5)8(12)10-9(13)14-7/h1-4,8,12H,(H,10,13)/t8-/m0/s1. The van der Waals surface area contributed by atoms with Gasteiger partial charge in [0.05, 0.1) is 0 Å².